The highest BCUT2D eigenvalue weighted by atomic mass is 16.5. The van der Waals surface area contributed by atoms with Crippen molar-refractivity contribution in [2.75, 3.05) is 14.2 Å². The zero-order valence-electron chi connectivity index (χ0n) is 11.5. The number of ether oxygens (including phenoxy) is 2. The average Bonchev–Trinajstić information content (AvgIpc) is 2.28. The monoisotopic (exact) mass is 231 g/mol. The Morgan fingerprint density at radius 1 is 1.31 bits per heavy atom. The van der Waals surface area contributed by atoms with Crippen LogP contribution >= 0.6 is 0 Å². The fourth-order valence-corrected chi connectivity index (χ4v) is 2.10. The first-order chi connectivity index (χ1) is 7.61. The zero-order valence-corrected chi connectivity index (χ0v) is 11.5. The van der Waals surface area contributed by atoms with Crippen molar-refractivity contribution >= 4 is 0 Å². The maximum absolute atomic E-state index is 5.89. The van der Waals surface area contributed by atoms with Gasteiger partial charge in [0.15, 0.2) is 0 Å². The molecule has 98 valence electrons. The number of nitrogens with two attached hydrogens (primary N) is 1. The van der Waals surface area contributed by atoms with Crippen molar-refractivity contribution in [2.24, 2.45) is 11.7 Å². The highest BCUT2D eigenvalue weighted by Gasteiger charge is 2.26. The minimum Gasteiger partial charge on any atom is -0.381 e. The van der Waals surface area contributed by atoms with Crippen LogP contribution in [0.15, 0.2) is 0 Å². The van der Waals surface area contributed by atoms with Crippen LogP contribution in [-0.2, 0) is 9.47 Å². The Bertz CT molecular complexity index is 162. The first kappa shape index (κ1) is 15.9. The lowest BCUT2D eigenvalue weighted by molar-refractivity contribution is -0.102. The SMILES string of the molecule is CN.CO[C@@H]1CC(C)OC(CCC(C)C)C1. The topological polar surface area (TPSA) is 44.5 Å². The van der Waals surface area contributed by atoms with Crippen LogP contribution in [0.1, 0.15) is 46.5 Å². The maximum Gasteiger partial charge on any atom is 0.0620 e. The maximum atomic E-state index is 5.89. The molecule has 0 radical (unpaired) electrons. The van der Waals surface area contributed by atoms with Gasteiger partial charge in [0.25, 0.3) is 0 Å². The van der Waals surface area contributed by atoms with E-state index in [1.807, 2.05) is 7.11 Å². The lowest BCUT2D eigenvalue weighted by atomic mass is 9.96. The van der Waals surface area contributed by atoms with E-state index in [0.29, 0.717) is 18.3 Å². The first-order valence-electron chi connectivity index (χ1n) is 6.37. The zero-order chi connectivity index (χ0) is 12.6. The van der Waals surface area contributed by atoms with Gasteiger partial charge in [-0.25, -0.2) is 0 Å². The van der Waals surface area contributed by atoms with Gasteiger partial charge in [-0.05, 0) is 45.6 Å². The van der Waals surface area contributed by atoms with E-state index >= 15 is 0 Å². The van der Waals surface area contributed by atoms with Gasteiger partial charge < -0.3 is 15.2 Å². The summed E-state index contributed by atoms with van der Waals surface area (Å²) in [6.07, 6.45) is 5.77. The molecule has 0 aromatic heterocycles. The molecule has 2 unspecified atom stereocenters. The van der Waals surface area contributed by atoms with Crippen LogP contribution in [-0.4, -0.2) is 32.5 Å². The summed E-state index contributed by atoms with van der Waals surface area (Å²) in [6, 6.07) is 0. The molecule has 16 heavy (non-hydrogen) atoms. The van der Waals surface area contributed by atoms with E-state index in [0.717, 1.165) is 18.8 Å². The number of methoxy groups -OCH3 is 1. The molecule has 3 heteroatoms. The van der Waals surface area contributed by atoms with Gasteiger partial charge in [-0.15, -0.1) is 0 Å². The fraction of sp³-hybridized carbons (Fsp3) is 1.00. The highest BCUT2D eigenvalue weighted by Crippen LogP contribution is 2.25. The summed E-state index contributed by atoms with van der Waals surface area (Å²) in [7, 11) is 3.31. The molecule has 1 rings (SSSR count). The molecule has 1 fully saturated rings. The van der Waals surface area contributed by atoms with Gasteiger partial charge in [0.05, 0.1) is 18.3 Å². The second-order valence-electron chi connectivity index (χ2n) is 4.87. The van der Waals surface area contributed by atoms with Crippen molar-refractivity contribution in [1.82, 2.24) is 0 Å². The van der Waals surface area contributed by atoms with Crippen LogP contribution in [0.4, 0.5) is 0 Å². The van der Waals surface area contributed by atoms with Gasteiger partial charge in [0, 0.05) is 7.11 Å². The minimum atomic E-state index is 0.367. The van der Waals surface area contributed by atoms with E-state index in [2.05, 4.69) is 26.5 Å². The third-order valence-electron chi connectivity index (χ3n) is 2.94. The largest absolute Gasteiger partial charge is 0.381 e. The molecule has 0 bridgehead atoms. The van der Waals surface area contributed by atoms with E-state index in [9.17, 15) is 0 Å². The Balaban J connectivity index is 0.00000106. The molecule has 0 aliphatic carbocycles. The van der Waals surface area contributed by atoms with Crippen LogP contribution in [0.2, 0.25) is 0 Å². The van der Waals surface area contributed by atoms with Gasteiger partial charge in [-0.1, -0.05) is 13.8 Å². The highest BCUT2D eigenvalue weighted by molar-refractivity contribution is 4.76. The van der Waals surface area contributed by atoms with Gasteiger partial charge in [0.2, 0.25) is 0 Å². The van der Waals surface area contributed by atoms with Crippen LogP contribution in [0.3, 0.4) is 0 Å². The van der Waals surface area contributed by atoms with E-state index in [1.165, 1.54) is 19.9 Å². The van der Waals surface area contributed by atoms with Crippen molar-refractivity contribution in [1.29, 1.82) is 0 Å². The molecule has 2 N–H and O–H groups in total. The minimum absolute atomic E-state index is 0.367. The average molecular weight is 231 g/mol. The lowest BCUT2D eigenvalue weighted by Crippen LogP contribution is -2.35. The molecule has 0 saturated carbocycles. The van der Waals surface area contributed by atoms with E-state index in [-0.39, 0.29) is 0 Å². The predicted octanol–water partition coefficient (Wildman–Crippen LogP) is 2.58. The standard InChI is InChI=1S/C12H24O2.CH5N/c1-9(2)5-6-11-8-12(13-4)7-10(3)14-11;1-2/h9-12H,5-8H2,1-4H3;2H2,1H3/t10?,11?,12-;/m1./s1. The Hall–Kier alpha value is -0.120. The van der Waals surface area contributed by atoms with Gasteiger partial charge >= 0.3 is 0 Å². The van der Waals surface area contributed by atoms with Crippen molar-refractivity contribution in [3.05, 3.63) is 0 Å². The van der Waals surface area contributed by atoms with Crippen molar-refractivity contribution in [3.63, 3.8) is 0 Å². The Kier molecular flexibility index (Phi) is 8.90. The summed E-state index contributed by atoms with van der Waals surface area (Å²) >= 11 is 0. The summed E-state index contributed by atoms with van der Waals surface area (Å²) in [4.78, 5) is 0. The third kappa shape index (κ3) is 6.46. The van der Waals surface area contributed by atoms with Gasteiger partial charge in [-0.3, -0.25) is 0 Å². The second-order valence-corrected chi connectivity index (χ2v) is 4.87. The first-order valence-corrected chi connectivity index (χ1v) is 6.37. The molecule has 0 aromatic carbocycles. The van der Waals surface area contributed by atoms with Crippen molar-refractivity contribution in [2.45, 2.75) is 64.8 Å². The molecule has 0 amide bonds. The van der Waals surface area contributed by atoms with E-state index < -0.39 is 0 Å². The molecule has 1 aliphatic heterocycles. The predicted molar refractivity (Wildman–Crippen MR) is 68.5 cm³/mol. The molecule has 3 atom stereocenters. The van der Waals surface area contributed by atoms with E-state index in [4.69, 9.17) is 9.47 Å². The second kappa shape index (κ2) is 8.97. The smallest absolute Gasteiger partial charge is 0.0620 e. The van der Waals surface area contributed by atoms with Crippen molar-refractivity contribution in [3.8, 4) is 0 Å². The Labute approximate surface area is 101 Å². The molecular formula is C13H29NO2. The van der Waals surface area contributed by atoms with Crippen LogP contribution in [0.5, 0.6) is 0 Å². The van der Waals surface area contributed by atoms with Gasteiger partial charge in [0.1, 0.15) is 0 Å². The quantitative estimate of drug-likeness (QED) is 0.809. The lowest BCUT2D eigenvalue weighted by Gasteiger charge is -2.33. The summed E-state index contributed by atoms with van der Waals surface area (Å²) in [6.45, 7) is 6.67. The molecular weight excluding hydrogens is 202 g/mol. The normalized spacial score (nSPS) is 29.8. The summed E-state index contributed by atoms with van der Waals surface area (Å²) < 4.78 is 11.3. The summed E-state index contributed by atoms with van der Waals surface area (Å²) in [5.74, 6) is 0.775. The fourth-order valence-electron chi connectivity index (χ4n) is 2.10. The molecule has 0 aromatic rings. The number of rotatable bonds is 4. The van der Waals surface area contributed by atoms with E-state index in [1.54, 1.807) is 0 Å². The molecule has 1 aliphatic rings. The van der Waals surface area contributed by atoms with Crippen molar-refractivity contribution < 1.29 is 9.47 Å². The molecule has 3 nitrogen and oxygen atoms in total. The summed E-state index contributed by atoms with van der Waals surface area (Å²) in [5, 5.41) is 0. The Morgan fingerprint density at radius 2 is 1.94 bits per heavy atom. The number of hydrogen-bond donors (Lipinski definition) is 1. The Morgan fingerprint density at radius 3 is 2.44 bits per heavy atom. The number of hydrogen-bond acceptors (Lipinski definition) is 3. The summed E-state index contributed by atoms with van der Waals surface area (Å²) in [5.41, 5.74) is 4.50. The van der Waals surface area contributed by atoms with Crippen LogP contribution < -0.4 is 5.73 Å². The molecule has 1 saturated heterocycles. The van der Waals surface area contributed by atoms with Gasteiger partial charge in [-0.2, -0.15) is 0 Å². The third-order valence-corrected chi connectivity index (χ3v) is 2.94. The van der Waals surface area contributed by atoms with Crippen LogP contribution in [0.25, 0.3) is 0 Å². The molecule has 0 spiro atoms. The molecule has 1 heterocycles. The van der Waals surface area contributed by atoms with Crippen LogP contribution in [0, 0.1) is 5.92 Å².